The first kappa shape index (κ1) is 18.9. The molecule has 2 N–H and O–H groups in total. The highest BCUT2D eigenvalue weighted by atomic mass is 35.5. The van der Waals surface area contributed by atoms with E-state index >= 15 is 0 Å². The quantitative estimate of drug-likeness (QED) is 0.674. The second-order valence-electron chi connectivity index (χ2n) is 6.71. The minimum Gasteiger partial charge on any atom is -0.355 e. The lowest BCUT2D eigenvalue weighted by atomic mass is 10.0. The van der Waals surface area contributed by atoms with E-state index in [9.17, 15) is 14.0 Å². The first-order chi connectivity index (χ1) is 13.4. The van der Waals surface area contributed by atoms with Gasteiger partial charge in [-0.25, -0.2) is 4.39 Å². The summed E-state index contributed by atoms with van der Waals surface area (Å²) in [6.45, 7) is 1.04. The third-order valence-electron chi connectivity index (χ3n) is 4.81. The van der Waals surface area contributed by atoms with Crippen molar-refractivity contribution in [1.29, 1.82) is 0 Å². The third-order valence-corrected chi connectivity index (χ3v) is 5.35. The van der Waals surface area contributed by atoms with E-state index in [1.165, 1.54) is 12.1 Å². The van der Waals surface area contributed by atoms with Crippen molar-refractivity contribution in [1.82, 2.24) is 9.88 Å². The number of fused-ring (bicyclic) bond motifs is 2. The van der Waals surface area contributed by atoms with Crippen molar-refractivity contribution in [2.24, 2.45) is 0 Å². The molecule has 4 rings (SSSR count). The van der Waals surface area contributed by atoms with Crippen molar-refractivity contribution in [3.63, 3.8) is 0 Å². The van der Waals surface area contributed by atoms with Gasteiger partial charge in [0, 0.05) is 46.9 Å². The summed E-state index contributed by atoms with van der Waals surface area (Å²) >= 11 is 11.7. The molecule has 0 fully saturated rings. The molecule has 0 bridgehead atoms. The predicted molar refractivity (Wildman–Crippen MR) is 109 cm³/mol. The summed E-state index contributed by atoms with van der Waals surface area (Å²) in [5.74, 6) is -0.801. The molecule has 1 aliphatic heterocycles. The number of aromatic nitrogens is 1. The number of pyridine rings is 1. The first-order valence-electron chi connectivity index (χ1n) is 8.72. The fourth-order valence-corrected chi connectivity index (χ4v) is 3.70. The number of halogens is 3. The zero-order valence-electron chi connectivity index (χ0n) is 14.7. The molecular weight excluding hydrogens is 404 g/mol. The van der Waals surface area contributed by atoms with Crippen LogP contribution in [0.15, 0.2) is 41.2 Å². The van der Waals surface area contributed by atoms with Crippen molar-refractivity contribution < 1.29 is 9.18 Å². The van der Waals surface area contributed by atoms with Gasteiger partial charge in [0.1, 0.15) is 0 Å². The van der Waals surface area contributed by atoms with Gasteiger partial charge in [-0.05, 0) is 36.4 Å². The molecule has 0 saturated heterocycles. The Kier molecular flexibility index (Phi) is 5.10. The molecule has 8 heteroatoms. The number of hydrogen-bond acceptors (Lipinski definition) is 3. The van der Waals surface area contributed by atoms with E-state index < -0.39 is 5.82 Å². The summed E-state index contributed by atoms with van der Waals surface area (Å²) in [4.78, 5) is 30.0. The Labute approximate surface area is 170 Å². The van der Waals surface area contributed by atoms with Gasteiger partial charge in [0.25, 0.3) is 0 Å². The average Bonchev–Trinajstić information content (AvgIpc) is 2.67. The summed E-state index contributed by atoms with van der Waals surface area (Å²) in [5, 5.41) is 3.63. The van der Waals surface area contributed by atoms with Crippen LogP contribution in [-0.2, 0) is 17.8 Å². The van der Waals surface area contributed by atoms with Crippen LogP contribution < -0.4 is 10.7 Å². The molecule has 5 nitrogen and oxygen atoms in total. The van der Waals surface area contributed by atoms with Crippen molar-refractivity contribution in [2.75, 3.05) is 18.4 Å². The highest BCUT2D eigenvalue weighted by Crippen LogP contribution is 2.24. The smallest absolute Gasteiger partial charge is 0.238 e. The van der Waals surface area contributed by atoms with Gasteiger partial charge in [-0.1, -0.05) is 23.2 Å². The normalized spacial score (nSPS) is 14.1. The van der Waals surface area contributed by atoms with Gasteiger partial charge in [0.2, 0.25) is 5.91 Å². The highest BCUT2D eigenvalue weighted by molar-refractivity contribution is 6.31. The molecular formula is C20H16Cl2FN3O2. The highest BCUT2D eigenvalue weighted by Gasteiger charge is 2.23. The minimum absolute atomic E-state index is 0.0283. The molecule has 2 aromatic carbocycles. The second kappa shape index (κ2) is 7.54. The van der Waals surface area contributed by atoms with Gasteiger partial charge in [-0.3, -0.25) is 14.5 Å². The summed E-state index contributed by atoms with van der Waals surface area (Å²) in [6.07, 6.45) is 0.515. The molecule has 0 radical (unpaired) electrons. The molecule has 1 aromatic heterocycles. The monoisotopic (exact) mass is 419 g/mol. The van der Waals surface area contributed by atoms with Crippen LogP contribution >= 0.6 is 23.2 Å². The summed E-state index contributed by atoms with van der Waals surface area (Å²) in [7, 11) is 0. The van der Waals surface area contributed by atoms with Crippen LogP contribution in [0.1, 0.15) is 11.3 Å². The molecule has 0 spiro atoms. The molecule has 28 heavy (non-hydrogen) atoms. The van der Waals surface area contributed by atoms with Crippen LogP contribution in [0.3, 0.4) is 0 Å². The zero-order chi connectivity index (χ0) is 19.8. The number of carbonyl (C=O) groups excluding carboxylic acids is 1. The van der Waals surface area contributed by atoms with Crippen molar-refractivity contribution >= 4 is 45.7 Å². The van der Waals surface area contributed by atoms with E-state index in [-0.39, 0.29) is 33.8 Å². The number of aromatic amines is 1. The summed E-state index contributed by atoms with van der Waals surface area (Å²) < 4.78 is 14.3. The summed E-state index contributed by atoms with van der Waals surface area (Å²) in [6, 6.07) is 9.74. The molecule has 0 saturated carbocycles. The number of rotatable bonds is 3. The van der Waals surface area contributed by atoms with Crippen molar-refractivity contribution in [2.45, 2.75) is 13.0 Å². The fraction of sp³-hybridized carbons (Fsp3) is 0.200. The molecule has 0 atom stereocenters. The average molecular weight is 420 g/mol. The van der Waals surface area contributed by atoms with Crippen LogP contribution in [0.25, 0.3) is 10.9 Å². The molecule has 1 aliphatic rings. The maximum atomic E-state index is 14.3. The Bertz CT molecular complexity index is 1130. The standard InChI is InChI=1S/C20H16Cl2FN3O2/c21-11-1-3-12(4-2-11)24-17(27)10-26-8-7-16-14(9-26)20(28)13-5-6-15(22)18(23)19(13)25-16/h1-6H,7-10H2,(H,24,27)(H,25,28). The predicted octanol–water partition coefficient (Wildman–Crippen LogP) is 3.97. The van der Waals surface area contributed by atoms with Gasteiger partial charge in [-0.15, -0.1) is 0 Å². The minimum atomic E-state index is -0.621. The van der Waals surface area contributed by atoms with Crippen molar-refractivity contribution in [3.05, 3.63) is 73.7 Å². The zero-order valence-corrected chi connectivity index (χ0v) is 16.2. The fourth-order valence-electron chi connectivity index (χ4n) is 3.41. The molecule has 0 unspecified atom stereocenters. The van der Waals surface area contributed by atoms with Crippen LogP contribution in [0.5, 0.6) is 0 Å². The largest absolute Gasteiger partial charge is 0.355 e. The lowest BCUT2D eigenvalue weighted by Gasteiger charge is -2.28. The molecule has 144 valence electrons. The molecule has 3 aromatic rings. The Morgan fingerprint density at radius 3 is 2.68 bits per heavy atom. The number of nitrogens with one attached hydrogen (secondary N) is 2. The Morgan fingerprint density at radius 2 is 1.93 bits per heavy atom. The van der Waals surface area contributed by atoms with Gasteiger partial charge < -0.3 is 10.3 Å². The van der Waals surface area contributed by atoms with Crippen molar-refractivity contribution in [3.8, 4) is 0 Å². The van der Waals surface area contributed by atoms with E-state index in [2.05, 4.69) is 10.3 Å². The van der Waals surface area contributed by atoms with Gasteiger partial charge >= 0.3 is 0 Å². The van der Waals surface area contributed by atoms with Crippen LogP contribution in [-0.4, -0.2) is 28.9 Å². The SMILES string of the molecule is O=C(CN1CCc2[nH]c3c(F)c(Cl)ccc3c(=O)c2C1)Nc1ccc(Cl)cc1. The Balaban J connectivity index is 1.54. The van der Waals surface area contributed by atoms with E-state index in [1.807, 2.05) is 4.90 Å². The Hall–Kier alpha value is -2.41. The van der Waals surface area contributed by atoms with Crippen LogP contribution in [0.2, 0.25) is 10.0 Å². The maximum absolute atomic E-state index is 14.3. The number of anilines is 1. The number of H-pyrrole nitrogens is 1. The van der Waals surface area contributed by atoms with Gasteiger partial charge in [0.05, 0.1) is 17.1 Å². The molecule has 2 heterocycles. The molecule has 0 aliphatic carbocycles. The van der Waals surface area contributed by atoms with Crippen LogP contribution in [0.4, 0.5) is 10.1 Å². The first-order valence-corrected chi connectivity index (χ1v) is 9.47. The van der Waals surface area contributed by atoms with Crippen LogP contribution in [0, 0.1) is 5.82 Å². The molecule has 1 amide bonds. The van der Waals surface area contributed by atoms with E-state index in [1.54, 1.807) is 24.3 Å². The van der Waals surface area contributed by atoms with E-state index in [4.69, 9.17) is 23.2 Å². The maximum Gasteiger partial charge on any atom is 0.238 e. The summed E-state index contributed by atoms with van der Waals surface area (Å²) in [5.41, 5.74) is 1.79. The number of hydrogen-bond donors (Lipinski definition) is 2. The van der Waals surface area contributed by atoms with Gasteiger partial charge in [0.15, 0.2) is 11.2 Å². The second-order valence-corrected chi connectivity index (χ2v) is 7.55. The number of amides is 1. The lowest BCUT2D eigenvalue weighted by molar-refractivity contribution is -0.117. The number of benzene rings is 2. The van der Waals surface area contributed by atoms with E-state index in [0.29, 0.717) is 41.5 Å². The third kappa shape index (κ3) is 3.63. The number of carbonyl (C=O) groups is 1. The topological polar surface area (TPSA) is 65.2 Å². The number of nitrogens with zero attached hydrogens (tertiary/aromatic N) is 1. The lowest BCUT2D eigenvalue weighted by Crippen LogP contribution is -2.39. The van der Waals surface area contributed by atoms with E-state index in [0.717, 1.165) is 0 Å². The van der Waals surface area contributed by atoms with Gasteiger partial charge in [-0.2, -0.15) is 0 Å². The Morgan fingerprint density at radius 1 is 1.18 bits per heavy atom.